The number of aliphatic carboxylic acids is 1. The molecule has 2 fully saturated rings. The Bertz CT molecular complexity index is 1070. The van der Waals surface area contributed by atoms with Crippen molar-refractivity contribution in [2.45, 2.75) is 113 Å². The van der Waals surface area contributed by atoms with Gasteiger partial charge in [0, 0.05) is 23.7 Å². The Morgan fingerprint density at radius 3 is 2.37 bits per heavy atom. The van der Waals surface area contributed by atoms with Crippen molar-refractivity contribution in [1.29, 1.82) is 0 Å². The molecule has 2 saturated carbocycles. The fourth-order valence-corrected chi connectivity index (χ4v) is 9.30. The van der Waals surface area contributed by atoms with Gasteiger partial charge < -0.3 is 14.9 Å². The molecule has 8 atom stereocenters. The first-order valence-corrected chi connectivity index (χ1v) is 14.7. The predicted octanol–water partition coefficient (Wildman–Crippen LogP) is 7.11. The SMILES string of the molecule is C=C(CC[C@@H](C(=O)O)[C@H]1[C@H](O)C[C@@]2(C)C3=CC[C@@H]4C(C)(C)[C@@H](OC(C)=O)CC[C@]4(C)C3=CC[C@]12C)C(C)C. The Labute approximate surface area is 229 Å². The number of ether oxygens (including phenoxy) is 1. The van der Waals surface area contributed by atoms with Crippen molar-refractivity contribution in [3.8, 4) is 0 Å². The standard InChI is InChI=1S/C33H50O5/c1-19(2)20(3)10-11-22(29(36)37)28-25(35)18-33(9)24-12-13-26-30(5,6)27(38-21(4)34)15-16-31(26,7)23(24)14-17-32(28,33)8/h12,14,19,22,25-28,35H,3,10-11,13,15-18H2,1-2,4-9H3,(H,36,37)/t22-,25-,26-,27+,28+,31-,32-,33+/m1/s1. The van der Waals surface area contributed by atoms with Gasteiger partial charge in [-0.05, 0) is 78.8 Å². The molecule has 0 aromatic rings. The van der Waals surface area contributed by atoms with Crippen LogP contribution in [0.2, 0.25) is 0 Å². The molecule has 0 spiro atoms. The second-order valence-electron chi connectivity index (χ2n) is 14.4. The maximum Gasteiger partial charge on any atom is 0.306 e. The van der Waals surface area contributed by atoms with Gasteiger partial charge in [-0.1, -0.05) is 72.8 Å². The van der Waals surface area contributed by atoms with Crippen molar-refractivity contribution >= 4 is 11.9 Å². The molecule has 0 unspecified atom stereocenters. The van der Waals surface area contributed by atoms with Gasteiger partial charge >= 0.3 is 11.9 Å². The van der Waals surface area contributed by atoms with Crippen LogP contribution in [0.15, 0.2) is 35.5 Å². The van der Waals surface area contributed by atoms with E-state index in [2.05, 4.69) is 67.2 Å². The fraction of sp³-hybridized carbons (Fsp3) is 0.758. The number of allylic oxidation sites excluding steroid dienone is 5. The summed E-state index contributed by atoms with van der Waals surface area (Å²) in [5, 5.41) is 21.9. The summed E-state index contributed by atoms with van der Waals surface area (Å²) in [5.74, 6) is -1.28. The lowest BCUT2D eigenvalue weighted by Crippen LogP contribution is -2.55. The highest BCUT2D eigenvalue weighted by Crippen LogP contribution is 2.72. The van der Waals surface area contributed by atoms with Crippen LogP contribution in [0.4, 0.5) is 0 Å². The summed E-state index contributed by atoms with van der Waals surface area (Å²) in [5.41, 5.74) is 2.93. The third-order valence-electron chi connectivity index (χ3n) is 11.9. The van der Waals surface area contributed by atoms with E-state index in [9.17, 15) is 19.8 Å². The molecule has 212 valence electrons. The molecule has 2 N–H and O–H groups in total. The molecular weight excluding hydrogens is 476 g/mol. The highest BCUT2D eigenvalue weighted by molar-refractivity contribution is 5.71. The van der Waals surface area contributed by atoms with E-state index in [-0.39, 0.29) is 39.7 Å². The van der Waals surface area contributed by atoms with Gasteiger partial charge in [0.1, 0.15) is 6.10 Å². The Morgan fingerprint density at radius 2 is 1.79 bits per heavy atom. The van der Waals surface area contributed by atoms with Crippen molar-refractivity contribution < 1.29 is 24.5 Å². The summed E-state index contributed by atoms with van der Waals surface area (Å²) >= 11 is 0. The third-order valence-corrected chi connectivity index (χ3v) is 11.9. The van der Waals surface area contributed by atoms with Crippen LogP contribution in [0, 0.1) is 45.3 Å². The lowest BCUT2D eigenvalue weighted by molar-refractivity contribution is -0.165. The molecule has 4 aliphatic rings. The molecule has 0 saturated heterocycles. The van der Waals surface area contributed by atoms with Crippen LogP contribution in [-0.2, 0) is 14.3 Å². The first-order valence-electron chi connectivity index (χ1n) is 14.7. The molecule has 0 radical (unpaired) electrons. The number of carboxylic acids is 1. The lowest BCUT2D eigenvalue weighted by Gasteiger charge is -2.61. The molecule has 4 rings (SSSR count). The highest BCUT2D eigenvalue weighted by Gasteiger charge is 2.66. The van der Waals surface area contributed by atoms with Gasteiger partial charge in [-0.25, -0.2) is 0 Å². The number of esters is 1. The first kappa shape index (κ1) is 29.1. The number of carboxylic acid groups (broad SMARTS) is 1. The smallest absolute Gasteiger partial charge is 0.306 e. The molecular formula is C33H50O5. The van der Waals surface area contributed by atoms with Crippen LogP contribution in [0.3, 0.4) is 0 Å². The van der Waals surface area contributed by atoms with Crippen LogP contribution in [0.5, 0.6) is 0 Å². The number of aliphatic hydroxyl groups excluding tert-OH is 1. The van der Waals surface area contributed by atoms with E-state index in [4.69, 9.17) is 4.74 Å². The zero-order valence-electron chi connectivity index (χ0n) is 24.9. The maximum atomic E-state index is 12.6. The maximum absolute atomic E-state index is 12.6. The number of carbonyl (C=O) groups excluding carboxylic acids is 1. The van der Waals surface area contributed by atoms with E-state index in [1.807, 2.05) is 0 Å². The van der Waals surface area contributed by atoms with E-state index in [1.54, 1.807) is 0 Å². The second kappa shape index (κ2) is 9.64. The van der Waals surface area contributed by atoms with Gasteiger partial charge in [-0.3, -0.25) is 9.59 Å². The van der Waals surface area contributed by atoms with Gasteiger partial charge in [0.25, 0.3) is 0 Å². The van der Waals surface area contributed by atoms with Crippen molar-refractivity contribution in [3.05, 3.63) is 35.5 Å². The van der Waals surface area contributed by atoms with Crippen LogP contribution in [0.1, 0.15) is 100 Å². The topological polar surface area (TPSA) is 83.8 Å². The summed E-state index contributed by atoms with van der Waals surface area (Å²) in [4.78, 5) is 24.5. The molecule has 0 heterocycles. The Hall–Kier alpha value is -1.88. The number of rotatable bonds is 7. The molecule has 38 heavy (non-hydrogen) atoms. The molecule has 0 aromatic carbocycles. The lowest BCUT2D eigenvalue weighted by atomic mass is 9.44. The fourth-order valence-electron chi connectivity index (χ4n) is 9.30. The monoisotopic (exact) mass is 526 g/mol. The van der Waals surface area contributed by atoms with E-state index in [1.165, 1.54) is 18.1 Å². The summed E-state index contributed by atoms with van der Waals surface area (Å²) in [7, 11) is 0. The zero-order valence-corrected chi connectivity index (χ0v) is 24.9. The van der Waals surface area contributed by atoms with Gasteiger partial charge in [0.2, 0.25) is 0 Å². The number of hydrogen-bond acceptors (Lipinski definition) is 4. The van der Waals surface area contributed by atoms with Gasteiger partial charge in [-0.2, -0.15) is 0 Å². The number of hydrogen-bond donors (Lipinski definition) is 2. The molecule has 5 nitrogen and oxygen atoms in total. The first-order chi connectivity index (χ1) is 17.5. The summed E-state index contributed by atoms with van der Waals surface area (Å²) in [6, 6.07) is 0. The molecule has 0 bridgehead atoms. The van der Waals surface area contributed by atoms with Crippen molar-refractivity contribution in [3.63, 3.8) is 0 Å². The van der Waals surface area contributed by atoms with Crippen molar-refractivity contribution in [2.24, 2.45) is 45.3 Å². The normalized spacial score (nSPS) is 40.3. The van der Waals surface area contributed by atoms with Crippen LogP contribution in [-0.4, -0.2) is 34.4 Å². The predicted molar refractivity (Wildman–Crippen MR) is 150 cm³/mol. The molecule has 0 aromatic heterocycles. The zero-order chi connectivity index (χ0) is 28.4. The van der Waals surface area contributed by atoms with E-state index in [0.717, 1.165) is 31.3 Å². The minimum Gasteiger partial charge on any atom is -0.481 e. The molecule has 4 aliphatic carbocycles. The number of fused-ring (bicyclic) bond motifs is 5. The Morgan fingerprint density at radius 1 is 1.13 bits per heavy atom. The summed E-state index contributed by atoms with van der Waals surface area (Å²) < 4.78 is 5.80. The number of carbonyl (C=O) groups is 2. The van der Waals surface area contributed by atoms with E-state index >= 15 is 0 Å². The van der Waals surface area contributed by atoms with Crippen LogP contribution >= 0.6 is 0 Å². The van der Waals surface area contributed by atoms with Crippen molar-refractivity contribution in [1.82, 2.24) is 0 Å². The van der Waals surface area contributed by atoms with Gasteiger partial charge in [-0.15, -0.1) is 0 Å². The molecule has 0 amide bonds. The highest BCUT2D eigenvalue weighted by atomic mass is 16.5. The van der Waals surface area contributed by atoms with Crippen molar-refractivity contribution in [2.75, 3.05) is 0 Å². The Balaban J connectivity index is 1.70. The minimum atomic E-state index is -0.805. The van der Waals surface area contributed by atoms with Crippen LogP contribution < -0.4 is 0 Å². The minimum absolute atomic E-state index is 0.0428. The number of aliphatic hydroxyl groups is 1. The third kappa shape index (κ3) is 4.22. The quantitative estimate of drug-likeness (QED) is 0.273. The summed E-state index contributed by atoms with van der Waals surface area (Å²) in [6.45, 7) is 21.2. The Kier molecular flexibility index (Phi) is 7.39. The molecule has 5 heteroatoms. The van der Waals surface area contributed by atoms with E-state index in [0.29, 0.717) is 31.1 Å². The van der Waals surface area contributed by atoms with Gasteiger partial charge in [0.05, 0.1) is 12.0 Å². The van der Waals surface area contributed by atoms with Crippen LogP contribution in [0.25, 0.3) is 0 Å². The average molecular weight is 527 g/mol. The summed E-state index contributed by atoms with van der Waals surface area (Å²) in [6.07, 6.45) is 9.26. The molecule has 0 aliphatic heterocycles. The average Bonchev–Trinajstić information content (AvgIpc) is 3.01. The van der Waals surface area contributed by atoms with Gasteiger partial charge in [0.15, 0.2) is 0 Å². The second-order valence-corrected chi connectivity index (χ2v) is 14.4. The van der Waals surface area contributed by atoms with E-state index < -0.39 is 18.0 Å². The largest absolute Gasteiger partial charge is 0.481 e.